The summed E-state index contributed by atoms with van der Waals surface area (Å²) in [6.07, 6.45) is 11.9. The lowest BCUT2D eigenvalue weighted by Gasteiger charge is -2.60. The number of aliphatic hydroxyl groups is 1. The lowest BCUT2D eigenvalue weighted by molar-refractivity contribution is -0.142. The molecule has 0 bridgehead atoms. The molecule has 0 aromatic heterocycles. The van der Waals surface area contributed by atoms with Crippen LogP contribution in [-0.2, 0) is 11.3 Å². The summed E-state index contributed by atoms with van der Waals surface area (Å²) in [4.78, 5) is 0. The van der Waals surface area contributed by atoms with Crippen LogP contribution in [0, 0.1) is 34.5 Å². The molecule has 1 aromatic rings. The second kappa shape index (κ2) is 7.13. The largest absolute Gasteiger partial charge is 0.393 e. The molecule has 4 fully saturated rings. The van der Waals surface area contributed by atoms with Gasteiger partial charge in [0, 0.05) is 0 Å². The Labute approximate surface area is 171 Å². The molecule has 0 saturated heterocycles. The Kier molecular flexibility index (Phi) is 4.87. The summed E-state index contributed by atoms with van der Waals surface area (Å²) in [6.45, 7) is 5.78. The molecule has 154 valence electrons. The molecule has 0 heterocycles. The van der Waals surface area contributed by atoms with E-state index in [4.69, 9.17) is 4.74 Å². The maximum atomic E-state index is 10.6. The van der Waals surface area contributed by atoms with Gasteiger partial charge in [-0.25, -0.2) is 0 Å². The van der Waals surface area contributed by atoms with Crippen LogP contribution >= 0.6 is 0 Å². The Bertz CT molecular complexity index is 687. The molecule has 8 atom stereocenters. The van der Waals surface area contributed by atoms with Crippen molar-refractivity contribution in [2.24, 2.45) is 34.5 Å². The van der Waals surface area contributed by atoms with Crippen molar-refractivity contribution in [3.8, 4) is 0 Å². The van der Waals surface area contributed by atoms with Gasteiger partial charge in [0.25, 0.3) is 0 Å². The maximum Gasteiger partial charge on any atom is 0.0720 e. The first-order valence-electron chi connectivity index (χ1n) is 11.8. The van der Waals surface area contributed by atoms with Gasteiger partial charge in [0.2, 0.25) is 0 Å². The van der Waals surface area contributed by atoms with Crippen molar-refractivity contribution < 1.29 is 9.84 Å². The predicted molar refractivity (Wildman–Crippen MR) is 113 cm³/mol. The summed E-state index contributed by atoms with van der Waals surface area (Å²) in [5, 5.41) is 10.6. The molecule has 4 aliphatic rings. The highest BCUT2D eigenvalue weighted by Gasteiger charge is 2.60. The molecule has 4 aliphatic carbocycles. The Morgan fingerprint density at radius 1 is 0.893 bits per heavy atom. The van der Waals surface area contributed by atoms with Crippen LogP contribution in [0.2, 0.25) is 0 Å². The summed E-state index contributed by atoms with van der Waals surface area (Å²) in [7, 11) is 0. The van der Waals surface area contributed by atoms with Crippen molar-refractivity contribution in [3.63, 3.8) is 0 Å². The van der Waals surface area contributed by atoms with E-state index in [0.29, 0.717) is 11.5 Å². The van der Waals surface area contributed by atoms with Crippen LogP contribution in [-0.4, -0.2) is 17.3 Å². The first kappa shape index (κ1) is 19.1. The third kappa shape index (κ3) is 2.98. The minimum absolute atomic E-state index is 0.0499. The molecule has 0 spiro atoms. The fourth-order valence-electron chi connectivity index (χ4n) is 8.13. The van der Waals surface area contributed by atoms with Crippen molar-refractivity contribution in [2.45, 2.75) is 90.4 Å². The molecular weight excluding hydrogens is 344 g/mol. The van der Waals surface area contributed by atoms with E-state index in [0.717, 1.165) is 36.7 Å². The van der Waals surface area contributed by atoms with Gasteiger partial charge in [0.1, 0.15) is 0 Å². The van der Waals surface area contributed by atoms with Crippen LogP contribution in [0.5, 0.6) is 0 Å². The standard InChI is InChI=1S/C26H38O2/c1-25-14-12-20(28-17-18-6-4-3-5-7-18)16-19(25)8-9-21-22-10-11-24(27)26(22,2)15-13-23(21)25/h3-7,19-24,27H,8-17H2,1-2H3/t19-,20-,21-,22-,23-,24-,25-,26-/m0/s1. The number of hydrogen-bond donors (Lipinski definition) is 1. The number of fused-ring (bicyclic) bond motifs is 5. The van der Waals surface area contributed by atoms with E-state index in [9.17, 15) is 5.11 Å². The van der Waals surface area contributed by atoms with Gasteiger partial charge in [-0.1, -0.05) is 44.2 Å². The first-order chi connectivity index (χ1) is 13.5. The molecular formula is C26H38O2. The summed E-state index contributed by atoms with van der Waals surface area (Å²) >= 11 is 0. The molecule has 28 heavy (non-hydrogen) atoms. The Morgan fingerprint density at radius 3 is 2.46 bits per heavy atom. The minimum Gasteiger partial charge on any atom is -0.393 e. The molecule has 0 aliphatic heterocycles. The van der Waals surface area contributed by atoms with Crippen LogP contribution < -0.4 is 0 Å². The normalized spacial score (nSPS) is 47.8. The van der Waals surface area contributed by atoms with Crippen LogP contribution in [0.15, 0.2) is 30.3 Å². The fourth-order valence-corrected chi connectivity index (χ4v) is 8.13. The Hall–Kier alpha value is -0.860. The zero-order valence-electron chi connectivity index (χ0n) is 17.8. The molecule has 5 rings (SSSR count). The van der Waals surface area contributed by atoms with E-state index >= 15 is 0 Å². The van der Waals surface area contributed by atoms with E-state index in [1.807, 2.05) is 0 Å². The highest BCUT2D eigenvalue weighted by Crippen LogP contribution is 2.66. The number of rotatable bonds is 3. The van der Waals surface area contributed by atoms with Gasteiger partial charge in [-0.2, -0.15) is 0 Å². The van der Waals surface area contributed by atoms with Crippen LogP contribution in [0.4, 0.5) is 0 Å². The molecule has 1 N–H and O–H groups in total. The summed E-state index contributed by atoms with van der Waals surface area (Å²) in [5.74, 6) is 3.34. The highest BCUT2D eigenvalue weighted by atomic mass is 16.5. The number of hydrogen-bond acceptors (Lipinski definition) is 2. The van der Waals surface area contributed by atoms with E-state index in [1.54, 1.807) is 0 Å². The van der Waals surface area contributed by atoms with Crippen molar-refractivity contribution in [1.29, 1.82) is 0 Å². The monoisotopic (exact) mass is 382 g/mol. The average Bonchev–Trinajstić information content (AvgIpc) is 3.02. The highest BCUT2D eigenvalue weighted by molar-refractivity contribution is 5.14. The molecule has 1 aromatic carbocycles. The zero-order valence-corrected chi connectivity index (χ0v) is 17.8. The van der Waals surface area contributed by atoms with Gasteiger partial charge in [0.15, 0.2) is 0 Å². The van der Waals surface area contributed by atoms with E-state index in [2.05, 4.69) is 44.2 Å². The SMILES string of the molecule is C[C@]12CC[C@H](OCc3ccccc3)C[C@@H]1CC[C@@H]1[C@@H]2CC[C@]2(C)[C@@H](O)CC[C@@H]12. The van der Waals surface area contributed by atoms with Gasteiger partial charge in [0.05, 0.1) is 18.8 Å². The molecule has 0 radical (unpaired) electrons. The van der Waals surface area contributed by atoms with Crippen LogP contribution in [0.3, 0.4) is 0 Å². The third-order valence-corrected chi connectivity index (χ3v) is 9.90. The topological polar surface area (TPSA) is 29.5 Å². The second-order valence-electron chi connectivity index (χ2n) is 11.0. The van der Waals surface area contributed by atoms with Crippen molar-refractivity contribution in [1.82, 2.24) is 0 Å². The van der Waals surface area contributed by atoms with Crippen LogP contribution in [0.25, 0.3) is 0 Å². The molecule has 0 amide bonds. The van der Waals surface area contributed by atoms with Gasteiger partial charge >= 0.3 is 0 Å². The van der Waals surface area contributed by atoms with E-state index < -0.39 is 0 Å². The van der Waals surface area contributed by atoms with Crippen molar-refractivity contribution in [2.75, 3.05) is 0 Å². The summed E-state index contributed by atoms with van der Waals surface area (Å²) in [5.41, 5.74) is 2.01. The molecule has 0 unspecified atom stereocenters. The predicted octanol–water partition coefficient (Wildman–Crippen LogP) is 5.98. The summed E-state index contributed by atoms with van der Waals surface area (Å²) in [6, 6.07) is 10.6. The number of ether oxygens (including phenoxy) is 1. The van der Waals surface area contributed by atoms with Crippen LogP contribution in [0.1, 0.15) is 77.2 Å². The van der Waals surface area contributed by atoms with Gasteiger partial charge < -0.3 is 9.84 Å². The Balaban J connectivity index is 1.26. The number of benzene rings is 1. The maximum absolute atomic E-state index is 10.6. The quantitative estimate of drug-likeness (QED) is 0.697. The second-order valence-corrected chi connectivity index (χ2v) is 11.0. The Morgan fingerprint density at radius 2 is 1.64 bits per heavy atom. The third-order valence-electron chi connectivity index (χ3n) is 9.90. The zero-order chi connectivity index (χ0) is 19.4. The van der Waals surface area contributed by atoms with Gasteiger partial charge in [-0.05, 0) is 97.9 Å². The van der Waals surface area contributed by atoms with E-state index in [-0.39, 0.29) is 11.5 Å². The van der Waals surface area contributed by atoms with Gasteiger partial charge in [-0.3, -0.25) is 0 Å². The van der Waals surface area contributed by atoms with Gasteiger partial charge in [-0.15, -0.1) is 0 Å². The smallest absolute Gasteiger partial charge is 0.0720 e. The van der Waals surface area contributed by atoms with E-state index in [1.165, 1.54) is 56.9 Å². The lowest BCUT2D eigenvalue weighted by Crippen LogP contribution is -2.54. The molecule has 2 nitrogen and oxygen atoms in total. The first-order valence-corrected chi connectivity index (χ1v) is 11.8. The number of aliphatic hydroxyl groups excluding tert-OH is 1. The lowest BCUT2D eigenvalue weighted by atomic mass is 9.45. The van der Waals surface area contributed by atoms with Crippen molar-refractivity contribution in [3.05, 3.63) is 35.9 Å². The average molecular weight is 383 g/mol. The van der Waals surface area contributed by atoms with Crippen molar-refractivity contribution >= 4 is 0 Å². The minimum atomic E-state index is -0.0499. The summed E-state index contributed by atoms with van der Waals surface area (Å²) < 4.78 is 6.37. The fraction of sp³-hybridized carbons (Fsp3) is 0.769. The molecule has 4 saturated carbocycles. The molecule has 2 heteroatoms.